The summed E-state index contributed by atoms with van der Waals surface area (Å²) in [6, 6.07) is 6.04. The highest BCUT2D eigenvalue weighted by Crippen LogP contribution is 2.34. The van der Waals surface area contributed by atoms with E-state index in [1.165, 1.54) is 4.90 Å². The second-order valence-corrected chi connectivity index (χ2v) is 8.06. The van der Waals surface area contributed by atoms with E-state index in [-0.39, 0.29) is 18.4 Å². The molecule has 1 aromatic carbocycles. The lowest BCUT2D eigenvalue weighted by Gasteiger charge is -2.36. The molecule has 0 spiro atoms. The molecule has 2 heterocycles. The zero-order valence-corrected chi connectivity index (χ0v) is 17.9. The van der Waals surface area contributed by atoms with Crippen LogP contribution in [0.2, 0.25) is 0 Å². The van der Waals surface area contributed by atoms with Crippen molar-refractivity contribution in [3.05, 3.63) is 40.6 Å². The fraction of sp³-hybridized carbons (Fsp3) is 0.565. The molecule has 2 aliphatic rings. The summed E-state index contributed by atoms with van der Waals surface area (Å²) in [5.74, 6) is -0.317. The topological polar surface area (TPSA) is 64.1 Å². The number of carbonyl (C=O) groups excluding carboxylic acids is 2. The summed E-state index contributed by atoms with van der Waals surface area (Å²) in [5.41, 5.74) is 4.14. The van der Waals surface area contributed by atoms with Crippen molar-refractivity contribution in [2.45, 2.75) is 40.0 Å². The van der Waals surface area contributed by atoms with Crippen LogP contribution in [0.3, 0.4) is 0 Å². The minimum Gasteiger partial charge on any atom is -0.395 e. The molecule has 158 valence electrons. The first-order valence-electron chi connectivity index (χ1n) is 10.7. The molecule has 1 N–H and O–H groups in total. The first kappa shape index (κ1) is 21.5. The van der Waals surface area contributed by atoms with Gasteiger partial charge in [0.25, 0.3) is 11.8 Å². The molecule has 3 rings (SSSR count). The van der Waals surface area contributed by atoms with Crippen LogP contribution in [0.25, 0.3) is 5.57 Å². The highest BCUT2D eigenvalue weighted by Gasteiger charge is 2.42. The highest BCUT2D eigenvalue weighted by molar-refractivity contribution is 6.35. The third kappa shape index (κ3) is 4.54. The zero-order chi connectivity index (χ0) is 21.0. The molecule has 6 nitrogen and oxygen atoms in total. The van der Waals surface area contributed by atoms with Crippen LogP contribution in [0.5, 0.6) is 0 Å². The monoisotopic (exact) mass is 399 g/mol. The van der Waals surface area contributed by atoms with Crippen LogP contribution in [0.15, 0.2) is 23.9 Å². The van der Waals surface area contributed by atoms with Gasteiger partial charge in [0.15, 0.2) is 0 Å². The van der Waals surface area contributed by atoms with Crippen molar-refractivity contribution in [1.82, 2.24) is 14.7 Å². The molecule has 2 amide bonds. The van der Waals surface area contributed by atoms with E-state index in [0.29, 0.717) is 37.4 Å². The van der Waals surface area contributed by atoms with Crippen LogP contribution in [0.1, 0.15) is 42.9 Å². The van der Waals surface area contributed by atoms with Gasteiger partial charge >= 0.3 is 0 Å². The molecule has 1 fully saturated rings. The zero-order valence-electron chi connectivity index (χ0n) is 17.9. The van der Waals surface area contributed by atoms with E-state index in [9.17, 15) is 14.7 Å². The molecule has 0 aliphatic carbocycles. The highest BCUT2D eigenvalue weighted by atomic mass is 16.3. The lowest BCUT2D eigenvalue weighted by atomic mass is 9.97. The van der Waals surface area contributed by atoms with Crippen molar-refractivity contribution >= 4 is 17.4 Å². The summed E-state index contributed by atoms with van der Waals surface area (Å²) in [6.45, 7) is 10.3. The third-order valence-corrected chi connectivity index (χ3v) is 5.88. The predicted molar refractivity (Wildman–Crippen MR) is 114 cm³/mol. The van der Waals surface area contributed by atoms with Crippen molar-refractivity contribution in [2.24, 2.45) is 0 Å². The second-order valence-electron chi connectivity index (χ2n) is 8.06. The maximum Gasteiger partial charge on any atom is 0.277 e. The van der Waals surface area contributed by atoms with E-state index >= 15 is 0 Å². The van der Waals surface area contributed by atoms with Crippen LogP contribution in [0, 0.1) is 13.8 Å². The molecular weight excluding hydrogens is 366 g/mol. The summed E-state index contributed by atoms with van der Waals surface area (Å²) in [5, 5.41) is 9.18. The largest absolute Gasteiger partial charge is 0.395 e. The average molecular weight is 400 g/mol. The van der Waals surface area contributed by atoms with Gasteiger partial charge in [0.1, 0.15) is 5.70 Å². The summed E-state index contributed by atoms with van der Waals surface area (Å²) in [4.78, 5) is 32.4. The van der Waals surface area contributed by atoms with Crippen LogP contribution in [0.4, 0.5) is 0 Å². The number of aliphatic hydroxyl groups excluding tert-OH is 1. The Kier molecular flexibility index (Phi) is 7.09. The Labute approximate surface area is 173 Å². The Hall–Kier alpha value is -2.18. The van der Waals surface area contributed by atoms with Crippen LogP contribution < -0.4 is 0 Å². The molecule has 29 heavy (non-hydrogen) atoms. The van der Waals surface area contributed by atoms with Crippen LogP contribution in [-0.2, 0) is 9.59 Å². The summed E-state index contributed by atoms with van der Waals surface area (Å²) in [6.07, 6.45) is 2.89. The van der Waals surface area contributed by atoms with Gasteiger partial charge in [0.2, 0.25) is 0 Å². The number of aliphatic hydroxyl groups is 1. The van der Waals surface area contributed by atoms with E-state index in [4.69, 9.17) is 0 Å². The number of piperazine rings is 1. The van der Waals surface area contributed by atoms with Crippen molar-refractivity contribution in [3.63, 3.8) is 0 Å². The Morgan fingerprint density at radius 1 is 0.966 bits per heavy atom. The van der Waals surface area contributed by atoms with Crippen molar-refractivity contribution in [1.29, 1.82) is 0 Å². The van der Waals surface area contributed by atoms with E-state index in [1.54, 1.807) is 0 Å². The van der Waals surface area contributed by atoms with Gasteiger partial charge in [0.05, 0.1) is 12.2 Å². The van der Waals surface area contributed by atoms with Crippen molar-refractivity contribution < 1.29 is 14.7 Å². The fourth-order valence-electron chi connectivity index (χ4n) is 4.25. The SMILES string of the molecule is CCCCCN1C(=O)C(c2ccc(C)cc2C)=C(N2CCN(CCO)CC2)C1=O. The first-order valence-corrected chi connectivity index (χ1v) is 10.7. The maximum atomic E-state index is 13.3. The fourth-order valence-corrected chi connectivity index (χ4v) is 4.25. The molecule has 0 unspecified atom stereocenters. The maximum absolute atomic E-state index is 13.3. The number of carbonyl (C=O) groups is 2. The number of aryl methyl sites for hydroxylation is 2. The molecule has 2 aliphatic heterocycles. The normalized spacial score (nSPS) is 18.3. The van der Waals surface area contributed by atoms with Gasteiger partial charge in [-0.3, -0.25) is 19.4 Å². The minimum atomic E-state index is -0.161. The predicted octanol–water partition coefficient (Wildman–Crippen LogP) is 2.18. The van der Waals surface area contributed by atoms with Crippen molar-refractivity contribution in [2.75, 3.05) is 45.9 Å². The summed E-state index contributed by atoms with van der Waals surface area (Å²) >= 11 is 0. The van der Waals surface area contributed by atoms with Crippen LogP contribution in [-0.4, -0.2) is 77.5 Å². The Morgan fingerprint density at radius 3 is 2.31 bits per heavy atom. The molecule has 6 heteroatoms. The molecule has 0 saturated carbocycles. The number of rotatable bonds is 8. The van der Waals surface area contributed by atoms with E-state index in [0.717, 1.165) is 49.0 Å². The number of nitrogens with zero attached hydrogens (tertiary/aromatic N) is 3. The molecule has 0 bridgehead atoms. The van der Waals surface area contributed by atoms with Gasteiger partial charge in [-0.15, -0.1) is 0 Å². The molecule has 1 aromatic rings. The summed E-state index contributed by atoms with van der Waals surface area (Å²) < 4.78 is 0. The quantitative estimate of drug-likeness (QED) is 0.536. The standard InChI is InChI=1S/C23H33N3O3/c1-4-5-6-9-26-22(28)20(19-8-7-17(2)16-18(19)3)21(23(26)29)25-12-10-24(11-13-25)14-15-27/h7-8,16,27H,4-6,9-15H2,1-3H3. The van der Waals surface area contributed by atoms with Gasteiger partial charge < -0.3 is 10.0 Å². The number of hydrogen-bond acceptors (Lipinski definition) is 5. The van der Waals surface area contributed by atoms with Gasteiger partial charge in [0, 0.05) is 39.3 Å². The number of β-amino-alcohol motifs (C(OH)–C–C–N with tert-alkyl or cyclic N) is 1. The first-order chi connectivity index (χ1) is 14.0. The van der Waals surface area contributed by atoms with E-state index in [2.05, 4.69) is 22.8 Å². The van der Waals surface area contributed by atoms with Gasteiger partial charge in [-0.05, 0) is 31.4 Å². The Morgan fingerprint density at radius 2 is 1.69 bits per heavy atom. The van der Waals surface area contributed by atoms with Gasteiger partial charge in [-0.2, -0.15) is 0 Å². The number of amides is 2. The smallest absolute Gasteiger partial charge is 0.277 e. The van der Waals surface area contributed by atoms with E-state index in [1.807, 2.05) is 26.0 Å². The number of unbranched alkanes of at least 4 members (excludes halogenated alkanes) is 2. The Balaban J connectivity index is 1.94. The number of hydrogen-bond donors (Lipinski definition) is 1. The second kappa shape index (κ2) is 9.55. The molecule has 1 saturated heterocycles. The van der Waals surface area contributed by atoms with Gasteiger partial charge in [-0.25, -0.2) is 0 Å². The Bertz CT molecular complexity index is 795. The van der Waals surface area contributed by atoms with Gasteiger partial charge in [-0.1, -0.05) is 43.5 Å². The van der Waals surface area contributed by atoms with Crippen LogP contribution >= 0.6 is 0 Å². The molecular formula is C23H33N3O3. The molecule has 0 aromatic heterocycles. The summed E-state index contributed by atoms with van der Waals surface area (Å²) in [7, 11) is 0. The minimum absolute atomic E-state index is 0.138. The molecule has 0 atom stereocenters. The van der Waals surface area contributed by atoms with Crippen molar-refractivity contribution in [3.8, 4) is 0 Å². The molecule has 0 radical (unpaired) electrons. The number of benzene rings is 1. The number of imide groups is 1. The van der Waals surface area contributed by atoms with E-state index < -0.39 is 0 Å². The average Bonchev–Trinajstić information content (AvgIpc) is 2.94. The lowest BCUT2D eigenvalue weighted by molar-refractivity contribution is -0.137. The third-order valence-electron chi connectivity index (χ3n) is 5.88. The lowest BCUT2D eigenvalue weighted by Crippen LogP contribution is -2.48.